The predicted octanol–water partition coefficient (Wildman–Crippen LogP) is 1.40. The molecule has 3 N–H and O–H groups in total. The van der Waals surface area contributed by atoms with Gasteiger partial charge in [0.25, 0.3) is 0 Å². The molecule has 1 aliphatic heterocycles. The molecular weight excluding hydrogens is 376 g/mol. The summed E-state index contributed by atoms with van der Waals surface area (Å²) in [4.78, 5) is 16.8. The van der Waals surface area contributed by atoms with Crippen molar-refractivity contribution in [2.24, 2.45) is 5.14 Å². The predicted molar refractivity (Wildman–Crippen MR) is 109 cm³/mol. The van der Waals surface area contributed by atoms with Crippen LogP contribution in [-0.2, 0) is 21.4 Å². The Morgan fingerprint density at radius 3 is 2.21 bits per heavy atom. The molecule has 8 heteroatoms. The highest BCUT2D eigenvalue weighted by molar-refractivity contribution is 7.89. The maximum Gasteiger partial charge on any atom is 0.238 e. The normalized spacial score (nSPS) is 16.1. The lowest BCUT2D eigenvalue weighted by Crippen LogP contribution is -2.48. The lowest BCUT2D eigenvalue weighted by atomic mass is 10.1. The van der Waals surface area contributed by atoms with Crippen molar-refractivity contribution in [2.75, 3.05) is 38.0 Å². The third-order valence-corrected chi connectivity index (χ3v) is 5.88. The van der Waals surface area contributed by atoms with Gasteiger partial charge in [-0.25, -0.2) is 13.6 Å². The van der Waals surface area contributed by atoms with Crippen LogP contribution in [-0.4, -0.2) is 56.8 Å². The lowest BCUT2D eigenvalue weighted by Gasteiger charge is -2.34. The Hall–Kier alpha value is -2.26. The van der Waals surface area contributed by atoms with Crippen LogP contribution < -0.4 is 10.5 Å². The Morgan fingerprint density at radius 2 is 1.61 bits per heavy atom. The quantitative estimate of drug-likeness (QED) is 0.761. The van der Waals surface area contributed by atoms with Gasteiger partial charge in [0.1, 0.15) is 0 Å². The average molecular weight is 403 g/mol. The number of nitrogens with zero attached hydrogens (tertiary/aromatic N) is 2. The lowest BCUT2D eigenvalue weighted by molar-refractivity contribution is -0.117. The van der Waals surface area contributed by atoms with E-state index >= 15 is 0 Å². The van der Waals surface area contributed by atoms with E-state index in [1.165, 1.54) is 35.4 Å². The first-order valence-electron chi connectivity index (χ1n) is 9.23. The van der Waals surface area contributed by atoms with Gasteiger partial charge in [-0.2, -0.15) is 0 Å². The summed E-state index contributed by atoms with van der Waals surface area (Å²) in [6, 6.07) is 14.3. The Morgan fingerprint density at radius 1 is 1.00 bits per heavy atom. The number of aryl methyl sites for hydroxylation is 1. The fourth-order valence-electron chi connectivity index (χ4n) is 3.27. The van der Waals surface area contributed by atoms with Crippen LogP contribution in [0.25, 0.3) is 0 Å². The van der Waals surface area contributed by atoms with Crippen LogP contribution in [0.15, 0.2) is 53.4 Å². The summed E-state index contributed by atoms with van der Waals surface area (Å²) >= 11 is 0. The minimum atomic E-state index is -3.73. The molecule has 0 aromatic heterocycles. The summed E-state index contributed by atoms with van der Waals surface area (Å²) in [5.41, 5.74) is 3.20. The number of hydrogen-bond donors (Lipinski definition) is 2. The third-order valence-electron chi connectivity index (χ3n) is 4.95. The standard InChI is InChI=1S/C20H26N4O3S/c1-16-4-2-3-5-17(16)14-23-10-12-24(13-11-23)15-20(25)22-18-6-8-19(9-7-18)28(21,26)27/h2-9H,10-15H2,1H3,(H,22,25)(H2,21,26,27). The van der Waals surface area contributed by atoms with Crippen LogP contribution in [0, 0.1) is 6.92 Å². The number of nitrogens with one attached hydrogen (secondary N) is 1. The van der Waals surface area contributed by atoms with E-state index in [0.717, 1.165) is 32.7 Å². The Labute approximate surface area is 166 Å². The van der Waals surface area contributed by atoms with Gasteiger partial charge in [0.15, 0.2) is 0 Å². The van der Waals surface area contributed by atoms with E-state index in [2.05, 4.69) is 46.3 Å². The number of primary sulfonamides is 1. The number of carbonyl (C=O) groups excluding carboxylic acids is 1. The molecule has 0 radical (unpaired) electrons. The number of hydrogen-bond acceptors (Lipinski definition) is 5. The highest BCUT2D eigenvalue weighted by Crippen LogP contribution is 2.14. The van der Waals surface area contributed by atoms with Gasteiger partial charge in [-0.3, -0.25) is 14.6 Å². The minimum absolute atomic E-state index is 0.0234. The molecule has 3 rings (SSSR count). The van der Waals surface area contributed by atoms with Gasteiger partial charge in [-0.15, -0.1) is 0 Å². The smallest absolute Gasteiger partial charge is 0.238 e. The fourth-order valence-corrected chi connectivity index (χ4v) is 3.78. The van der Waals surface area contributed by atoms with Crippen molar-refractivity contribution in [1.82, 2.24) is 9.80 Å². The zero-order valence-electron chi connectivity index (χ0n) is 16.0. The van der Waals surface area contributed by atoms with E-state index in [1.807, 2.05) is 0 Å². The van der Waals surface area contributed by atoms with E-state index in [1.54, 1.807) is 0 Å². The first-order valence-corrected chi connectivity index (χ1v) is 10.8. The maximum absolute atomic E-state index is 12.3. The summed E-state index contributed by atoms with van der Waals surface area (Å²) in [7, 11) is -3.73. The number of rotatable bonds is 6. The molecule has 0 spiro atoms. The molecule has 7 nitrogen and oxygen atoms in total. The molecule has 0 saturated carbocycles. The van der Waals surface area contributed by atoms with Crippen molar-refractivity contribution >= 4 is 21.6 Å². The van der Waals surface area contributed by atoms with E-state index in [0.29, 0.717) is 12.2 Å². The second kappa shape index (κ2) is 8.83. The average Bonchev–Trinajstić information content (AvgIpc) is 2.65. The zero-order chi connectivity index (χ0) is 20.1. The molecule has 1 fully saturated rings. The summed E-state index contributed by atoms with van der Waals surface area (Å²) in [6.45, 7) is 6.90. The highest BCUT2D eigenvalue weighted by Gasteiger charge is 2.19. The number of benzene rings is 2. The van der Waals surface area contributed by atoms with Crippen molar-refractivity contribution in [3.63, 3.8) is 0 Å². The molecule has 0 bridgehead atoms. The topological polar surface area (TPSA) is 95.7 Å². The molecule has 0 atom stereocenters. The molecule has 2 aromatic rings. The molecule has 1 aliphatic rings. The Bertz CT molecular complexity index is 921. The maximum atomic E-state index is 12.3. The monoisotopic (exact) mass is 402 g/mol. The van der Waals surface area contributed by atoms with Crippen LogP contribution in [0.2, 0.25) is 0 Å². The number of piperazine rings is 1. The number of nitrogens with two attached hydrogens (primary N) is 1. The van der Waals surface area contributed by atoms with Crippen LogP contribution in [0.1, 0.15) is 11.1 Å². The molecule has 0 unspecified atom stereocenters. The second-order valence-corrected chi connectivity index (χ2v) is 8.66. The third kappa shape index (κ3) is 5.62. The van der Waals surface area contributed by atoms with Gasteiger partial charge in [-0.1, -0.05) is 24.3 Å². The van der Waals surface area contributed by atoms with E-state index in [-0.39, 0.29) is 10.8 Å². The van der Waals surface area contributed by atoms with E-state index in [4.69, 9.17) is 5.14 Å². The molecule has 1 heterocycles. The molecule has 0 aliphatic carbocycles. The molecule has 1 amide bonds. The molecule has 150 valence electrons. The Kier molecular flexibility index (Phi) is 6.46. The number of amides is 1. The van der Waals surface area contributed by atoms with E-state index in [9.17, 15) is 13.2 Å². The van der Waals surface area contributed by atoms with Gasteiger partial charge >= 0.3 is 0 Å². The fraction of sp³-hybridized carbons (Fsp3) is 0.350. The Balaban J connectivity index is 1.45. The van der Waals surface area contributed by atoms with Gasteiger partial charge in [0, 0.05) is 38.4 Å². The van der Waals surface area contributed by atoms with Crippen molar-refractivity contribution in [1.29, 1.82) is 0 Å². The highest BCUT2D eigenvalue weighted by atomic mass is 32.2. The largest absolute Gasteiger partial charge is 0.325 e. The van der Waals surface area contributed by atoms with Crippen molar-refractivity contribution in [2.45, 2.75) is 18.4 Å². The SMILES string of the molecule is Cc1ccccc1CN1CCN(CC(=O)Nc2ccc(S(N)(=O)=O)cc2)CC1. The van der Waals surface area contributed by atoms with Crippen LogP contribution in [0.4, 0.5) is 5.69 Å². The van der Waals surface area contributed by atoms with Crippen molar-refractivity contribution < 1.29 is 13.2 Å². The molecule has 2 aromatic carbocycles. The van der Waals surface area contributed by atoms with Crippen molar-refractivity contribution in [3.8, 4) is 0 Å². The van der Waals surface area contributed by atoms with Gasteiger partial charge in [-0.05, 0) is 42.3 Å². The summed E-state index contributed by atoms with van der Waals surface area (Å²) < 4.78 is 22.5. The molecule has 1 saturated heterocycles. The van der Waals surface area contributed by atoms with Crippen LogP contribution in [0.3, 0.4) is 0 Å². The molecule has 28 heavy (non-hydrogen) atoms. The van der Waals surface area contributed by atoms with Gasteiger partial charge in [0.05, 0.1) is 11.4 Å². The molecular formula is C20H26N4O3S. The zero-order valence-corrected chi connectivity index (χ0v) is 16.8. The summed E-state index contributed by atoms with van der Waals surface area (Å²) in [6.07, 6.45) is 0. The van der Waals surface area contributed by atoms with Crippen LogP contribution >= 0.6 is 0 Å². The summed E-state index contributed by atoms with van der Waals surface area (Å²) in [5, 5.41) is 7.87. The first-order chi connectivity index (χ1) is 13.3. The van der Waals surface area contributed by atoms with Gasteiger partial charge < -0.3 is 5.32 Å². The minimum Gasteiger partial charge on any atom is -0.325 e. The first kappa shape index (κ1) is 20.5. The number of anilines is 1. The van der Waals surface area contributed by atoms with Crippen LogP contribution in [0.5, 0.6) is 0 Å². The number of sulfonamides is 1. The van der Waals surface area contributed by atoms with E-state index < -0.39 is 10.0 Å². The van der Waals surface area contributed by atoms with Gasteiger partial charge in [0.2, 0.25) is 15.9 Å². The summed E-state index contributed by atoms with van der Waals surface area (Å²) in [5.74, 6) is -0.115. The second-order valence-electron chi connectivity index (χ2n) is 7.10. The van der Waals surface area contributed by atoms with Crippen molar-refractivity contribution in [3.05, 3.63) is 59.7 Å². The number of carbonyl (C=O) groups is 1.